The highest BCUT2D eigenvalue weighted by Crippen LogP contribution is 2.14. The fourth-order valence-corrected chi connectivity index (χ4v) is 1.57. The maximum absolute atomic E-state index is 4.15. The second-order valence-electron chi connectivity index (χ2n) is 4.47. The molecule has 2 heteroatoms. The van der Waals surface area contributed by atoms with Crippen LogP contribution in [0.1, 0.15) is 16.7 Å². The van der Waals surface area contributed by atoms with Gasteiger partial charge in [0, 0.05) is 5.56 Å². The van der Waals surface area contributed by atoms with Gasteiger partial charge in [0.1, 0.15) is 6.01 Å². The van der Waals surface area contributed by atoms with Crippen LogP contribution in [0, 0.1) is 13.8 Å². The van der Waals surface area contributed by atoms with Gasteiger partial charge in [-0.1, -0.05) is 54.1 Å². The zero-order valence-electron chi connectivity index (χ0n) is 11.2. The Morgan fingerprint density at radius 3 is 2.00 bits per heavy atom. The lowest BCUT2D eigenvalue weighted by atomic mass is 10.1. The van der Waals surface area contributed by atoms with E-state index in [9.17, 15) is 0 Å². The molecule has 0 radical (unpaired) electrons. The first-order valence-corrected chi connectivity index (χ1v) is 6.14. The SMILES string of the molecule is C=C(N=C=Nc1ccc(C)cc1)c1ccc(C)cc1. The van der Waals surface area contributed by atoms with Crippen LogP contribution < -0.4 is 0 Å². The Morgan fingerprint density at radius 2 is 1.42 bits per heavy atom. The first-order chi connectivity index (χ1) is 9.15. The number of rotatable bonds is 3. The third-order valence-corrected chi connectivity index (χ3v) is 2.78. The molecule has 0 N–H and O–H groups in total. The summed E-state index contributed by atoms with van der Waals surface area (Å²) >= 11 is 0. The fourth-order valence-electron chi connectivity index (χ4n) is 1.57. The Morgan fingerprint density at radius 1 is 0.895 bits per heavy atom. The van der Waals surface area contributed by atoms with Crippen molar-refractivity contribution in [1.29, 1.82) is 0 Å². The molecule has 0 amide bonds. The lowest BCUT2D eigenvalue weighted by Crippen LogP contribution is -1.79. The van der Waals surface area contributed by atoms with E-state index in [1.54, 1.807) is 0 Å². The predicted molar refractivity (Wildman–Crippen MR) is 80.9 cm³/mol. The second-order valence-corrected chi connectivity index (χ2v) is 4.47. The Bertz CT molecular complexity index is 628. The van der Waals surface area contributed by atoms with Crippen molar-refractivity contribution in [3.8, 4) is 0 Å². The first kappa shape index (κ1) is 13.0. The summed E-state index contributed by atoms with van der Waals surface area (Å²) in [5.74, 6) is 0. The van der Waals surface area contributed by atoms with Crippen LogP contribution in [0.3, 0.4) is 0 Å². The number of aryl methyl sites for hydroxylation is 2. The molecule has 2 aromatic carbocycles. The van der Waals surface area contributed by atoms with E-state index in [-0.39, 0.29) is 0 Å². The smallest absolute Gasteiger partial charge is 0.100 e. The molecule has 94 valence electrons. The molecule has 0 atom stereocenters. The molecule has 2 rings (SSSR count). The van der Waals surface area contributed by atoms with Gasteiger partial charge >= 0.3 is 0 Å². The Hall–Kier alpha value is -2.44. The van der Waals surface area contributed by atoms with Gasteiger partial charge in [-0.25, -0.2) is 0 Å². The summed E-state index contributed by atoms with van der Waals surface area (Å²) in [5.41, 5.74) is 4.91. The number of aliphatic imine (C=N–C) groups is 2. The van der Waals surface area contributed by atoms with Gasteiger partial charge in [0.15, 0.2) is 0 Å². The topological polar surface area (TPSA) is 24.7 Å². The van der Waals surface area contributed by atoms with Gasteiger partial charge in [0.25, 0.3) is 0 Å². The van der Waals surface area contributed by atoms with Gasteiger partial charge in [-0.2, -0.15) is 9.98 Å². The van der Waals surface area contributed by atoms with E-state index in [2.05, 4.69) is 29.5 Å². The van der Waals surface area contributed by atoms with Crippen molar-refractivity contribution in [3.63, 3.8) is 0 Å². The van der Waals surface area contributed by atoms with Crippen molar-refractivity contribution < 1.29 is 0 Å². The van der Waals surface area contributed by atoms with Crippen molar-refractivity contribution in [2.45, 2.75) is 13.8 Å². The van der Waals surface area contributed by atoms with E-state index < -0.39 is 0 Å². The summed E-state index contributed by atoms with van der Waals surface area (Å²) in [6, 6.07) is 18.6. The van der Waals surface area contributed by atoms with Crippen LogP contribution in [0.4, 0.5) is 5.69 Å². The lowest BCUT2D eigenvalue weighted by molar-refractivity contribution is 1.42. The zero-order valence-corrected chi connectivity index (χ0v) is 11.2. The highest BCUT2D eigenvalue weighted by Gasteiger charge is 1.94. The van der Waals surface area contributed by atoms with Crippen molar-refractivity contribution in [1.82, 2.24) is 0 Å². The molecule has 0 spiro atoms. The van der Waals surface area contributed by atoms with Crippen LogP contribution in [0.15, 0.2) is 65.1 Å². The number of nitrogens with zero attached hydrogens (tertiary/aromatic N) is 2. The van der Waals surface area contributed by atoms with Gasteiger partial charge in [-0.3, -0.25) is 0 Å². The normalized spacial score (nSPS) is 9.58. The van der Waals surface area contributed by atoms with E-state index in [1.807, 2.05) is 55.5 Å². The van der Waals surface area contributed by atoms with Crippen LogP contribution in [0.2, 0.25) is 0 Å². The molecule has 0 aliphatic rings. The second kappa shape index (κ2) is 5.94. The molecule has 0 saturated heterocycles. The molecule has 0 bridgehead atoms. The quantitative estimate of drug-likeness (QED) is 0.698. The standard InChI is InChI=1S/C17H16N2/c1-13-4-8-16(9-5-13)15(3)18-12-19-17-10-6-14(2)7-11-17/h4-11H,3H2,1-2H3. The van der Waals surface area contributed by atoms with Crippen molar-refractivity contribution in [2.24, 2.45) is 9.98 Å². The Balaban J connectivity index is 2.11. The van der Waals surface area contributed by atoms with Gasteiger partial charge in [0.05, 0.1) is 11.4 Å². The minimum atomic E-state index is 0.663. The first-order valence-electron chi connectivity index (χ1n) is 6.14. The molecule has 0 aromatic heterocycles. The third-order valence-electron chi connectivity index (χ3n) is 2.78. The van der Waals surface area contributed by atoms with Crippen LogP contribution in [-0.2, 0) is 0 Å². The van der Waals surface area contributed by atoms with Gasteiger partial charge in [0.2, 0.25) is 0 Å². The van der Waals surface area contributed by atoms with Crippen LogP contribution >= 0.6 is 0 Å². The molecule has 0 unspecified atom stereocenters. The molecule has 0 fully saturated rings. The zero-order chi connectivity index (χ0) is 13.7. The highest BCUT2D eigenvalue weighted by molar-refractivity contribution is 5.69. The average Bonchev–Trinajstić information content (AvgIpc) is 2.41. The van der Waals surface area contributed by atoms with Crippen molar-refractivity contribution in [2.75, 3.05) is 0 Å². The summed E-state index contributed by atoms with van der Waals surface area (Å²) in [5, 5.41) is 0. The molecule has 0 aliphatic heterocycles. The van der Waals surface area contributed by atoms with Crippen molar-refractivity contribution in [3.05, 3.63) is 71.8 Å². The van der Waals surface area contributed by atoms with Gasteiger partial charge in [-0.15, -0.1) is 0 Å². The molecule has 0 heterocycles. The lowest BCUT2D eigenvalue weighted by Gasteiger charge is -1.98. The van der Waals surface area contributed by atoms with E-state index in [0.717, 1.165) is 11.3 Å². The van der Waals surface area contributed by atoms with Gasteiger partial charge in [-0.05, 0) is 26.0 Å². The van der Waals surface area contributed by atoms with Crippen LogP contribution in [-0.4, -0.2) is 6.01 Å². The summed E-state index contributed by atoms with van der Waals surface area (Å²) in [7, 11) is 0. The molecule has 2 nitrogen and oxygen atoms in total. The number of hydrogen-bond acceptors (Lipinski definition) is 2. The monoisotopic (exact) mass is 248 g/mol. The third kappa shape index (κ3) is 3.77. The maximum Gasteiger partial charge on any atom is 0.100 e. The summed E-state index contributed by atoms with van der Waals surface area (Å²) in [6.07, 6.45) is 0. The molecule has 0 aliphatic carbocycles. The van der Waals surface area contributed by atoms with E-state index >= 15 is 0 Å². The van der Waals surface area contributed by atoms with E-state index in [4.69, 9.17) is 0 Å². The summed E-state index contributed by atoms with van der Waals surface area (Å²) in [4.78, 5) is 8.28. The number of hydrogen-bond donors (Lipinski definition) is 0. The van der Waals surface area contributed by atoms with Crippen molar-refractivity contribution >= 4 is 17.4 Å². The van der Waals surface area contributed by atoms with E-state index in [0.29, 0.717) is 5.70 Å². The predicted octanol–water partition coefficient (Wildman–Crippen LogP) is 4.78. The van der Waals surface area contributed by atoms with Crippen LogP contribution in [0.25, 0.3) is 5.70 Å². The minimum Gasteiger partial charge on any atom is -0.188 e. The fraction of sp³-hybridized carbons (Fsp3) is 0.118. The molecule has 19 heavy (non-hydrogen) atoms. The largest absolute Gasteiger partial charge is 0.188 e. The molecular weight excluding hydrogens is 232 g/mol. The van der Waals surface area contributed by atoms with Crippen LogP contribution in [0.5, 0.6) is 0 Å². The van der Waals surface area contributed by atoms with E-state index in [1.165, 1.54) is 11.1 Å². The maximum atomic E-state index is 4.15. The minimum absolute atomic E-state index is 0.663. The average molecular weight is 248 g/mol. The highest BCUT2D eigenvalue weighted by atomic mass is 14.8. The Labute approximate surface area is 113 Å². The molecule has 2 aromatic rings. The summed E-state index contributed by atoms with van der Waals surface area (Å²) in [6.45, 7) is 8.00. The molecular formula is C17H16N2. The number of benzene rings is 2. The Kier molecular flexibility index (Phi) is 4.07. The van der Waals surface area contributed by atoms with Gasteiger partial charge < -0.3 is 0 Å². The molecule has 0 saturated carbocycles. The summed E-state index contributed by atoms with van der Waals surface area (Å²) < 4.78 is 0.